The fraction of sp³-hybridized carbons (Fsp3) is 0.250. The lowest BCUT2D eigenvalue weighted by Crippen LogP contribution is -2.09. The van der Waals surface area contributed by atoms with Crippen molar-refractivity contribution in [3.8, 4) is 16.3 Å². The molecule has 1 aromatic heterocycles. The van der Waals surface area contributed by atoms with Gasteiger partial charge in [0.1, 0.15) is 10.8 Å². The van der Waals surface area contributed by atoms with Crippen LogP contribution in [-0.2, 0) is 21.3 Å². The van der Waals surface area contributed by atoms with Gasteiger partial charge in [-0.3, -0.25) is 0 Å². The zero-order valence-electron chi connectivity index (χ0n) is 15.0. The van der Waals surface area contributed by atoms with Gasteiger partial charge in [0.2, 0.25) is 0 Å². The van der Waals surface area contributed by atoms with E-state index in [2.05, 4.69) is 4.98 Å². The number of sulfone groups is 1. The van der Waals surface area contributed by atoms with Crippen molar-refractivity contribution in [1.29, 1.82) is 0 Å². The summed E-state index contributed by atoms with van der Waals surface area (Å²) in [7, 11) is -1.69. The second-order valence-corrected chi connectivity index (χ2v) is 9.23. The van der Waals surface area contributed by atoms with Crippen molar-refractivity contribution >= 4 is 21.2 Å². The van der Waals surface area contributed by atoms with Crippen LogP contribution in [0.2, 0.25) is 0 Å². The zero-order valence-corrected chi connectivity index (χ0v) is 16.7. The number of rotatable bonds is 6. The second-order valence-electron chi connectivity index (χ2n) is 6.31. The molecule has 0 bridgehead atoms. The first-order valence-electron chi connectivity index (χ1n) is 8.22. The summed E-state index contributed by atoms with van der Waals surface area (Å²) in [6.07, 6.45) is 0. The Kier molecular flexibility index (Phi) is 5.44. The maximum absolute atomic E-state index is 12.6. The minimum absolute atomic E-state index is 0.0298. The Morgan fingerprint density at radius 2 is 1.85 bits per heavy atom. The molecule has 3 aromatic rings. The summed E-state index contributed by atoms with van der Waals surface area (Å²) in [5, 5.41) is 2.57. The number of ether oxygens (including phenoxy) is 1. The molecule has 0 amide bonds. The molecule has 3 rings (SSSR count). The molecule has 0 unspecified atom stereocenters. The maximum Gasteiger partial charge on any atom is 0.160 e. The van der Waals surface area contributed by atoms with Crippen molar-refractivity contribution in [1.82, 2.24) is 4.98 Å². The van der Waals surface area contributed by atoms with Gasteiger partial charge in [0, 0.05) is 5.38 Å². The number of hydrogen-bond donors (Lipinski definition) is 0. The smallest absolute Gasteiger partial charge is 0.160 e. The molecule has 0 fully saturated rings. The molecule has 0 spiro atoms. The molecule has 2 aromatic carbocycles. The Bertz CT molecular complexity index is 1020. The van der Waals surface area contributed by atoms with E-state index >= 15 is 0 Å². The quantitative estimate of drug-likeness (QED) is 0.623. The van der Waals surface area contributed by atoms with Gasteiger partial charge in [-0.2, -0.15) is 0 Å². The van der Waals surface area contributed by atoms with E-state index in [1.807, 2.05) is 61.7 Å². The first-order chi connectivity index (χ1) is 12.4. The van der Waals surface area contributed by atoms with E-state index in [-0.39, 0.29) is 11.5 Å². The Morgan fingerprint density at radius 3 is 2.62 bits per heavy atom. The standard InChI is InChI=1S/C20H21NO3S2/c1-14-8-9-15(2)16(10-14)12-26(22,23)13-17-11-25-20(21-17)18-6-4-5-7-19(18)24-3/h4-11H,12-13H2,1-3H3. The second kappa shape index (κ2) is 7.60. The van der Waals surface area contributed by atoms with Gasteiger partial charge in [0.15, 0.2) is 9.84 Å². The van der Waals surface area contributed by atoms with Crippen LogP contribution >= 0.6 is 11.3 Å². The molecule has 0 aliphatic rings. The van der Waals surface area contributed by atoms with Gasteiger partial charge in [-0.05, 0) is 37.1 Å². The van der Waals surface area contributed by atoms with Gasteiger partial charge in [-0.15, -0.1) is 11.3 Å². The molecule has 136 valence electrons. The average Bonchev–Trinajstić information content (AvgIpc) is 3.05. The number of aromatic nitrogens is 1. The van der Waals surface area contributed by atoms with E-state index in [0.717, 1.165) is 33.0 Å². The van der Waals surface area contributed by atoms with Gasteiger partial charge < -0.3 is 4.74 Å². The highest BCUT2D eigenvalue weighted by Gasteiger charge is 2.18. The predicted octanol–water partition coefficient (Wildman–Crippen LogP) is 4.55. The number of thiazole rings is 1. The molecule has 6 heteroatoms. The average molecular weight is 388 g/mol. The van der Waals surface area contributed by atoms with Crippen molar-refractivity contribution in [2.45, 2.75) is 25.4 Å². The molecular formula is C20H21NO3S2. The lowest BCUT2D eigenvalue weighted by molar-refractivity contribution is 0.416. The Labute approximate surface area is 158 Å². The van der Waals surface area contributed by atoms with Crippen LogP contribution in [-0.4, -0.2) is 20.5 Å². The fourth-order valence-corrected chi connectivity index (χ4v) is 5.23. The van der Waals surface area contributed by atoms with Crippen LogP contribution in [0.15, 0.2) is 47.8 Å². The third kappa shape index (κ3) is 4.31. The van der Waals surface area contributed by atoms with Crippen molar-refractivity contribution in [2.75, 3.05) is 7.11 Å². The molecule has 26 heavy (non-hydrogen) atoms. The van der Waals surface area contributed by atoms with Gasteiger partial charge in [-0.1, -0.05) is 35.9 Å². The Morgan fingerprint density at radius 1 is 1.08 bits per heavy atom. The minimum atomic E-state index is -3.30. The van der Waals surface area contributed by atoms with Crippen LogP contribution in [0.25, 0.3) is 10.6 Å². The van der Waals surface area contributed by atoms with Crippen LogP contribution in [0.5, 0.6) is 5.75 Å². The Hall–Kier alpha value is -2.18. The molecule has 0 aliphatic heterocycles. The van der Waals surface area contributed by atoms with E-state index in [0.29, 0.717) is 5.69 Å². The monoisotopic (exact) mass is 387 g/mol. The third-order valence-corrected chi connectivity index (χ3v) is 6.55. The molecule has 0 atom stereocenters. The first-order valence-corrected chi connectivity index (χ1v) is 10.9. The molecule has 4 nitrogen and oxygen atoms in total. The van der Waals surface area contributed by atoms with Crippen LogP contribution in [0.1, 0.15) is 22.4 Å². The van der Waals surface area contributed by atoms with Crippen molar-refractivity contribution in [3.63, 3.8) is 0 Å². The summed E-state index contributed by atoms with van der Waals surface area (Å²) in [6.45, 7) is 3.91. The molecule has 0 saturated carbocycles. The molecule has 0 saturated heterocycles. The van der Waals surface area contributed by atoms with E-state index in [1.54, 1.807) is 7.11 Å². The summed E-state index contributed by atoms with van der Waals surface area (Å²) in [6, 6.07) is 13.5. The largest absolute Gasteiger partial charge is 0.496 e. The number of aryl methyl sites for hydroxylation is 2. The van der Waals surface area contributed by atoms with Crippen molar-refractivity contribution in [2.24, 2.45) is 0 Å². The third-order valence-electron chi connectivity index (χ3n) is 4.14. The topological polar surface area (TPSA) is 56.3 Å². The number of methoxy groups -OCH3 is 1. The highest BCUT2D eigenvalue weighted by Crippen LogP contribution is 2.32. The molecule has 0 radical (unpaired) electrons. The molecule has 0 N–H and O–H groups in total. The number of nitrogens with zero attached hydrogens (tertiary/aromatic N) is 1. The maximum atomic E-state index is 12.6. The SMILES string of the molecule is COc1ccccc1-c1nc(CS(=O)(=O)Cc2cc(C)ccc2C)cs1. The summed E-state index contributed by atoms with van der Waals surface area (Å²) >= 11 is 1.43. The van der Waals surface area contributed by atoms with Crippen LogP contribution in [0, 0.1) is 13.8 Å². The van der Waals surface area contributed by atoms with Crippen LogP contribution in [0.3, 0.4) is 0 Å². The molecular weight excluding hydrogens is 366 g/mol. The van der Waals surface area contributed by atoms with Gasteiger partial charge >= 0.3 is 0 Å². The lowest BCUT2D eigenvalue weighted by Gasteiger charge is -2.08. The highest BCUT2D eigenvalue weighted by molar-refractivity contribution is 7.89. The Balaban J connectivity index is 1.81. The lowest BCUT2D eigenvalue weighted by atomic mass is 10.1. The summed E-state index contributed by atoms with van der Waals surface area (Å²) in [4.78, 5) is 4.52. The van der Waals surface area contributed by atoms with E-state index in [4.69, 9.17) is 4.74 Å². The summed E-state index contributed by atoms with van der Waals surface area (Å²) < 4.78 is 30.6. The van der Waals surface area contributed by atoms with Crippen molar-refractivity contribution < 1.29 is 13.2 Å². The van der Waals surface area contributed by atoms with Gasteiger partial charge in [0.05, 0.1) is 29.9 Å². The summed E-state index contributed by atoms with van der Waals surface area (Å²) in [5.74, 6) is 0.695. The first kappa shape index (κ1) is 18.6. The number of benzene rings is 2. The summed E-state index contributed by atoms with van der Waals surface area (Å²) in [5.41, 5.74) is 4.35. The van der Waals surface area contributed by atoms with E-state index in [1.165, 1.54) is 11.3 Å². The van der Waals surface area contributed by atoms with E-state index < -0.39 is 9.84 Å². The highest BCUT2D eigenvalue weighted by atomic mass is 32.2. The van der Waals surface area contributed by atoms with Crippen molar-refractivity contribution in [3.05, 3.63) is 70.2 Å². The minimum Gasteiger partial charge on any atom is -0.496 e. The predicted molar refractivity (Wildman–Crippen MR) is 106 cm³/mol. The van der Waals surface area contributed by atoms with Gasteiger partial charge in [-0.25, -0.2) is 13.4 Å². The van der Waals surface area contributed by atoms with Crippen LogP contribution < -0.4 is 4.74 Å². The molecule has 1 heterocycles. The molecule has 0 aliphatic carbocycles. The normalized spacial score (nSPS) is 11.5. The van der Waals surface area contributed by atoms with Gasteiger partial charge in [0.25, 0.3) is 0 Å². The fourth-order valence-electron chi connectivity index (χ4n) is 2.79. The number of hydrogen-bond acceptors (Lipinski definition) is 5. The van der Waals surface area contributed by atoms with E-state index in [9.17, 15) is 8.42 Å². The zero-order chi connectivity index (χ0) is 18.7. The van der Waals surface area contributed by atoms with Crippen LogP contribution in [0.4, 0.5) is 0 Å². The number of para-hydroxylation sites is 1.